The number of halogens is 3. The molecule has 0 aliphatic rings. The van der Waals surface area contributed by atoms with Gasteiger partial charge in [-0.15, -0.1) is 0 Å². The molecule has 0 fully saturated rings. The molecular formula is C18H13Cl3NSi3+. The van der Waals surface area contributed by atoms with E-state index in [0.29, 0.717) is 0 Å². The molecule has 122 valence electrons. The van der Waals surface area contributed by atoms with Crippen LogP contribution in [0.3, 0.4) is 0 Å². The SMILES string of the molecule is [SiH]c1ccc(N(c2ccc([Si]Cl)cc2)c2ccc([Si+](Cl)Cl)cc2)cc1. The van der Waals surface area contributed by atoms with Gasteiger partial charge in [-0.1, -0.05) is 29.5 Å². The molecule has 0 atom stereocenters. The van der Waals surface area contributed by atoms with Crippen molar-refractivity contribution in [3.8, 4) is 0 Å². The third kappa shape index (κ3) is 4.58. The van der Waals surface area contributed by atoms with Crippen molar-refractivity contribution in [2.45, 2.75) is 0 Å². The Morgan fingerprint density at radius 2 is 1.16 bits per heavy atom. The van der Waals surface area contributed by atoms with Gasteiger partial charge >= 0.3 is 7.42 Å². The summed E-state index contributed by atoms with van der Waals surface area (Å²) in [5.41, 5.74) is 3.21. The normalized spacial score (nSPS) is 10.6. The molecule has 0 saturated heterocycles. The van der Waals surface area contributed by atoms with Crippen molar-refractivity contribution < 1.29 is 0 Å². The summed E-state index contributed by atoms with van der Waals surface area (Å²) in [5.74, 6) is 0. The summed E-state index contributed by atoms with van der Waals surface area (Å²) in [7, 11) is 1.50. The van der Waals surface area contributed by atoms with Gasteiger partial charge < -0.3 is 4.90 Å². The largest absolute Gasteiger partial charge is 0.583 e. The van der Waals surface area contributed by atoms with Gasteiger partial charge in [0, 0.05) is 17.1 Å². The van der Waals surface area contributed by atoms with E-state index in [1.54, 1.807) is 0 Å². The summed E-state index contributed by atoms with van der Waals surface area (Å²) in [5, 5.41) is 3.25. The van der Waals surface area contributed by atoms with Crippen molar-refractivity contribution in [2.24, 2.45) is 0 Å². The zero-order valence-corrected chi connectivity index (χ0v) is 18.5. The van der Waals surface area contributed by atoms with Crippen LogP contribution in [-0.2, 0) is 0 Å². The Hall–Kier alpha value is -1.02. The highest BCUT2D eigenvalue weighted by molar-refractivity contribution is 7.39. The van der Waals surface area contributed by atoms with Gasteiger partial charge in [-0.3, -0.25) is 0 Å². The van der Waals surface area contributed by atoms with Gasteiger partial charge in [0.2, 0.25) is 8.83 Å². The second-order valence-corrected chi connectivity index (χ2v) is 11.3. The number of nitrogens with zero attached hydrogens (tertiary/aromatic N) is 1. The number of benzene rings is 3. The first-order valence-corrected chi connectivity index (χ1v) is 13.6. The third-order valence-electron chi connectivity index (χ3n) is 3.73. The topological polar surface area (TPSA) is 3.24 Å². The molecule has 3 rings (SSSR count). The Balaban J connectivity index is 2.05. The molecule has 0 saturated carbocycles. The standard InChI is InChI=1S/C18H13Cl3NSi3/c19-24-17-9-3-14(4-10-17)22(13-1-7-16(23)8-2-13)15-5-11-18(12-6-15)25(20)21/h1-12,23H/q+1. The van der Waals surface area contributed by atoms with Gasteiger partial charge in [0.05, 0.1) is 10.2 Å². The van der Waals surface area contributed by atoms with Crippen LogP contribution in [0.4, 0.5) is 17.1 Å². The van der Waals surface area contributed by atoms with E-state index >= 15 is 0 Å². The van der Waals surface area contributed by atoms with Crippen LogP contribution in [-0.4, -0.2) is 26.5 Å². The van der Waals surface area contributed by atoms with E-state index in [4.69, 9.17) is 33.2 Å². The molecule has 0 aromatic heterocycles. The van der Waals surface area contributed by atoms with Crippen molar-refractivity contribution in [1.82, 2.24) is 0 Å². The first-order chi connectivity index (χ1) is 12.1. The summed E-state index contributed by atoms with van der Waals surface area (Å²) < 4.78 is 0. The quantitative estimate of drug-likeness (QED) is 0.440. The molecule has 0 spiro atoms. The molecule has 7 heteroatoms. The Bertz CT molecular complexity index is 822. The van der Waals surface area contributed by atoms with E-state index in [2.05, 4.69) is 75.8 Å². The van der Waals surface area contributed by atoms with Gasteiger partial charge in [-0.2, -0.15) is 11.1 Å². The smallest absolute Gasteiger partial charge is 0.311 e. The average Bonchev–Trinajstić information content (AvgIpc) is 2.64. The Morgan fingerprint density at radius 1 is 0.720 bits per heavy atom. The lowest BCUT2D eigenvalue weighted by molar-refractivity contribution is 1.29. The summed E-state index contributed by atoms with van der Waals surface area (Å²) in [4.78, 5) is 2.20. The molecule has 0 aliphatic heterocycles. The summed E-state index contributed by atoms with van der Waals surface area (Å²) in [6, 6.07) is 24.8. The lowest BCUT2D eigenvalue weighted by Crippen LogP contribution is -2.19. The molecule has 0 amide bonds. The van der Waals surface area contributed by atoms with Gasteiger partial charge in [-0.25, -0.2) is 0 Å². The van der Waals surface area contributed by atoms with Crippen molar-refractivity contribution in [3.63, 3.8) is 0 Å². The van der Waals surface area contributed by atoms with E-state index in [1.165, 1.54) is 0 Å². The van der Waals surface area contributed by atoms with Crippen molar-refractivity contribution in [1.29, 1.82) is 0 Å². The Labute approximate surface area is 169 Å². The van der Waals surface area contributed by atoms with Crippen molar-refractivity contribution in [3.05, 3.63) is 72.8 Å². The van der Waals surface area contributed by atoms with Crippen LogP contribution in [0.25, 0.3) is 0 Å². The lowest BCUT2D eigenvalue weighted by Gasteiger charge is -2.25. The molecule has 1 nitrogen and oxygen atoms in total. The molecule has 0 aliphatic carbocycles. The van der Waals surface area contributed by atoms with Crippen LogP contribution >= 0.6 is 33.2 Å². The lowest BCUT2D eigenvalue weighted by atomic mass is 10.2. The fourth-order valence-corrected chi connectivity index (χ4v) is 4.52. The van der Waals surface area contributed by atoms with Crippen LogP contribution < -0.4 is 20.5 Å². The maximum Gasteiger partial charge on any atom is 0.583 e. The molecule has 0 unspecified atom stereocenters. The molecule has 3 aromatic carbocycles. The maximum atomic E-state index is 6.06. The van der Waals surface area contributed by atoms with E-state index < -0.39 is 7.42 Å². The van der Waals surface area contributed by atoms with Gasteiger partial charge in [0.1, 0.15) is 27.3 Å². The minimum absolute atomic E-state index is 0.272. The Morgan fingerprint density at radius 3 is 1.60 bits per heavy atom. The van der Waals surface area contributed by atoms with Crippen molar-refractivity contribution in [2.75, 3.05) is 4.90 Å². The van der Waals surface area contributed by atoms with Crippen LogP contribution in [0.2, 0.25) is 0 Å². The first kappa shape index (κ1) is 18.8. The average molecular weight is 434 g/mol. The molecule has 3 aromatic rings. The highest BCUT2D eigenvalue weighted by Gasteiger charge is 2.26. The minimum atomic E-state index is -1.49. The van der Waals surface area contributed by atoms with Crippen LogP contribution in [0.15, 0.2) is 72.8 Å². The highest BCUT2D eigenvalue weighted by atomic mass is 35.7. The first-order valence-electron chi connectivity index (χ1n) is 7.49. The third-order valence-corrected chi connectivity index (χ3v) is 7.40. The fraction of sp³-hybridized carbons (Fsp3) is 0. The van der Waals surface area contributed by atoms with Crippen LogP contribution in [0.1, 0.15) is 0 Å². The number of hydrogen-bond acceptors (Lipinski definition) is 1. The maximum absolute atomic E-state index is 6.06. The second-order valence-electron chi connectivity index (χ2n) is 5.38. The van der Waals surface area contributed by atoms with E-state index in [-0.39, 0.29) is 8.83 Å². The summed E-state index contributed by atoms with van der Waals surface area (Å²) >= 11 is 18.1. The molecule has 0 heterocycles. The Kier molecular flexibility index (Phi) is 6.44. The van der Waals surface area contributed by atoms with E-state index in [0.717, 1.165) is 32.6 Å². The minimum Gasteiger partial charge on any atom is -0.311 e. The number of rotatable bonds is 5. The van der Waals surface area contributed by atoms with Crippen LogP contribution in [0.5, 0.6) is 0 Å². The zero-order valence-electron chi connectivity index (χ0n) is 13.1. The fourth-order valence-electron chi connectivity index (χ4n) is 2.48. The van der Waals surface area contributed by atoms with E-state index in [9.17, 15) is 0 Å². The molecule has 25 heavy (non-hydrogen) atoms. The number of hydrogen-bond donors (Lipinski definition) is 0. The molecule has 0 N–H and O–H groups in total. The van der Waals surface area contributed by atoms with Gasteiger partial charge in [0.25, 0.3) is 0 Å². The molecule has 0 bridgehead atoms. The van der Waals surface area contributed by atoms with Crippen LogP contribution in [0, 0.1) is 0 Å². The summed E-state index contributed by atoms with van der Waals surface area (Å²) in [6.07, 6.45) is 0. The predicted molar refractivity (Wildman–Crippen MR) is 116 cm³/mol. The van der Waals surface area contributed by atoms with Gasteiger partial charge in [0.15, 0.2) is 0 Å². The van der Waals surface area contributed by atoms with Gasteiger partial charge in [-0.05, 0) is 53.7 Å². The summed E-state index contributed by atoms with van der Waals surface area (Å²) in [6.45, 7) is 0. The van der Waals surface area contributed by atoms with Crippen molar-refractivity contribution >= 4 is 92.3 Å². The van der Waals surface area contributed by atoms with E-state index in [1.807, 2.05) is 12.1 Å². The predicted octanol–water partition coefficient (Wildman–Crippen LogP) is 3.34. The highest BCUT2D eigenvalue weighted by Crippen LogP contribution is 2.33. The second kappa shape index (κ2) is 8.58. The zero-order chi connectivity index (χ0) is 17.8. The molecular weight excluding hydrogens is 421 g/mol. The molecule has 4 radical (unpaired) electrons. The number of anilines is 3. The monoisotopic (exact) mass is 432 g/mol.